The third-order valence-corrected chi connectivity index (χ3v) is 8.63. The summed E-state index contributed by atoms with van der Waals surface area (Å²) in [6.45, 7) is 2.98. The summed E-state index contributed by atoms with van der Waals surface area (Å²) in [5.74, 6) is 0.536. The average Bonchev–Trinajstić information content (AvgIpc) is 3.04. The fourth-order valence-electron chi connectivity index (χ4n) is 5.18. The van der Waals surface area contributed by atoms with Gasteiger partial charge in [0.25, 0.3) is 10.1 Å². The highest BCUT2D eigenvalue weighted by Gasteiger charge is 2.40. The van der Waals surface area contributed by atoms with Gasteiger partial charge in [-0.2, -0.15) is 8.42 Å². The molecule has 158 valence electrons. The van der Waals surface area contributed by atoms with Crippen molar-refractivity contribution in [1.29, 1.82) is 0 Å². The van der Waals surface area contributed by atoms with Crippen LogP contribution in [0.4, 0.5) is 0 Å². The van der Waals surface area contributed by atoms with Crippen molar-refractivity contribution in [2.75, 3.05) is 20.2 Å². The van der Waals surface area contributed by atoms with Gasteiger partial charge in [0, 0.05) is 29.4 Å². The van der Waals surface area contributed by atoms with Crippen molar-refractivity contribution in [1.82, 2.24) is 9.88 Å². The fourth-order valence-corrected chi connectivity index (χ4v) is 6.73. The van der Waals surface area contributed by atoms with Gasteiger partial charge in [-0.3, -0.25) is 4.18 Å². The van der Waals surface area contributed by atoms with Crippen molar-refractivity contribution in [3.8, 4) is 0 Å². The third-order valence-electron chi connectivity index (χ3n) is 6.65. The van der Waals surface area contributed by atoms with Crippen LogP contribution in [0.2, 0.25) is 0 Å². The molecule has 1 aliphatic carbocycles. The van der Waals surface area contributed by atoms with Gasteiger partial charge in [0.15, 0.2) is 0 Å². The molecule has 2 aliphatic rings. The van der Waals surface area contributed by atoms with Gasteiger partial charge in [-0.15, -0.1) is 0 Å². The van der Waals surface area contributed by atoms with Crippen LogP contribution in [-0.2, 0) is 20.7 Å². The number of hydrogen-bond donors (Lipinski definition) is 1. The van der Waals surface area contributed by atoms with Crippen LogP contribution in [0.3, 0.4) is 0 Å². The molecule has 0 bridgehead atoms. The maximum Gasteiger partial charge on any atom is 0.296 e. The molecule has 1 saturated heterocycles. The van der Waals surface area contributed by atoms with Crippen LogP contribution < -0.4 is 0 Å². The molecular formula is C23H25BrN2O3S. The summed E-state index contributed by atoms with van der Waals surface area (Å²) >= 11 is 3.70. The first kappa shape index (κ1) is 20.2. The van der Waals surface area contributed by atoms with Crippen molar-refractivity contribution in [3.63, 3.8) is 0 Å². The minimum absolute atomic E-state index is 0.163. The number of likely N-dealkylation sites (N-methyl/N-ethyl adjacent to an activating group) is 1. The Kier molecular flexibility index (Phi) is 5.05. The second kappa shape index (κ2) is 7.48. The highest BCUT2D eigenvalue weighted by Crippen LogP contribution is 2.46. The van der Waals surface area contributed by atoms with Crippen molar-refractivity contribution in [2.45, 2.75) is 36.6 Å². The largest absolute Gasteiger partial charge is 0.349 e. The zero-order valence-electron chi connectivity index (χ0n) is 17.1. The van der Waals surface area contributed by atoms with Gasteiger partial charge in [0.1, 0.15) is 0 Å². The number of aryl methyl sites for hydroxylation is 1. The number of fused-ring (bicyclic) bond motifs is 2. The monoisotopic (exact) mass is 488 g/mol. The summed E-state index contributed by atoms with van der Waals surface area (Å²) < 4.78 is 31.8. The van der Waals surface area contributed by atoms with Gasteiger partial charge in [-0.05, 0) is 78.0 Å². The molecule has 0 radical (unpaired) electrons. The quantitative estimate of drug-likeness (QED) is 0.544. The Morgan fingerprint density at radius 3 is 2.73 bits per heavy atom. The summed E-state index contributed by atoms with van der Waals surface area (Å²) in [5, 5.41) is 1.33. The summed E-state index contributed by atoms with van der Waals surface area (Å²) in [4.78, 5) is 6.05. The molecule has 3 atom stereocenters. The average molecular weight is 489 g/mol. The van der Waals surface area contributed by atoms with Crippen LogP contribution in [0, 0.1) is 12.8 Å². The van der Waals surface area contributed by atoms with E-state index in [1.54, 1.807) is 24.3 Å². The van der Waals surface area contributed by atoms with E-state index in [0.29, 0.717) is 12.0 Å². The zero-order valence-corrected chi connectivity index (χ0v) is 19.5. The molecule has 5 nitrogen and oxygen atoms in total. The van der Waals surface area contributed by atoms with Crippen molar-refractivity contribution < 1.29 is 12.6 Å². The topological polar surface area (TPSA) is 62.4 Å². The van der Waals surface area contributed by atoms with E-state index in [-0.39, 0.29) is 17.4 Å². The Morgan fingerprint density at radius 1 is 1.20 bits per heavy atom. The van der Waals surface area contributed by atoms with E-state index in [4.69, 9.17) is 4.18 Å². The lowest BCUT2D eigenvalue weighted by atomic mass is 9.72. The van der Waals surface area contributed by atoms with E-state index >= 15 is 0 Å². The smallest absolute Gasteiger partial charge is 0.296 e. The van der Waals surface area contributed by atoms with Gasteiger partial charge in [-0.1, -0.05) is 29.8 Å². The predicted octanol–water partition coefficient (Wildman–Crippen LogP) is 4.60. The van der Waals surface area contributed by atoms with Crippen LogP contribution in [0.1, 0.15) is 29.0 Å². The number of aromatic nitrogens is 1. The van der Waals surface area contributed by atoms with E-state index in [1.807, 2.05) is 6.92 Å². The Balaban J connectivity index is 1.38. The standard InChI is InChI=1S/C23H25BrN2O3S/c1-14-6-8-16(9-7-14)30(27,28)29-13-15-10-18-17-4-3-5-20-22(17)19(23(24)25-20)11-21(18)26(2)12-15/h3-9,15,18,21,25H,10-13H2,1-2H3/t15-,18-,21-/m1/s1. The van der Waals surface area contributed by atoms with E-state index in [1.165, 1.54) is 16.5 Å². The third kappa shape index (κ3) is 3.42. The molecule has 0 amide bonds. The van der Waals surface area contributed by atoms with Gasteiger partial charge in [0.2, 0.25) is 0 Å². The molecule has 3 aromatic rings. The van der Waals surface area contributed by atoms with Crippen molar-refractivity contribution >= 4 is 37.0 Å². The molecular weight excluding hydrogens is 464 g/mol. The van der Waals surface area contributed by atoms with Crippen LogP contribution in [0.15, 0.2) is 52.0 Å². The number of likely N-dealkylation sites (tertiary alicyclic amines) is 1. The second-order valence-corrected chi connectivity index (χ2v) is 11.1. The van der Waals surface area contributed by atoms with E-state index in [9.17, 15) is 8.42 Å². The van der Waals surface area contributed by atoms with Gasteiger partial charge < -0.3 is 9.88 Å². The number of hydrogen-bond acceptors (Lipinski definition) is 4. The number of halogens is 1. The Hall–Kier alpha value is -1.67. The lowest BCUT2D eigenvalue weighted by Crippen LogP contribution is -2.48. The molecule has 0 saturated carbocycles. The Bertz CT molecular complexity index is 1200. The molecule has 1 fully saturated rings. The van der Waals surface area contributed by atoms with E-state index in [2.05, 4.69) is 51.1 Å². The normalized spacial score (nSPS) is 24.2. The lowest BCUT2D eigenvalue weighted by Gasteiger charge is -2.45. The number of piperidine rings is 1. The number of H-pyrrole nitrogens is 1. The number of benzene rings is 2. The van der Waals surface area contributed by atoms with Crippen LogP contribution in [0.5, 0.6) is 0 Å². The fraction of sp³-hybridized carbons (Fsp3) is 0.391. The molecule has 0 unspecified atom stereocenters. The maximum absolute atomic E-state index is 12.6. The number of nitrogens with zero attached hydrogens (tertiary/aromatic N) is 1. The molecule has 1 aliphatic heterocycles. The molecule has 2 aromatic carbocycles. The highest BCUT2D eigenvalue weighted by atomic mass is 79.9. The highest BCUT2D eigenvalue weighted by molar-refractivity contribution is 9.10. The first-order valence-electron chi connectivity index (χ1n) is 10.3. The Morgan fingerprint density at radius 2 is 1.97 bits per heavy atom. The van der Waals surface area contributed by atoms with Gasteiger partial charge in [-0.25, -0.2) is 0 Å². The predicted molar refractivity (Wildman–Crippen MR) is 121 cm³/mol. The van der Waals surface area contributed by atoms with Crippen molar-refractivity contribution in [2.24, 2.45) is 5.92 Å². The molecule has 5 rings (SSSR count). The lowest BCUT2D eigenvalue weighted by molar-refractivity contribution is 0.0853. The first-order valence-corrected chi connectivity index (χ1v) is 12.5. The number of aromatic amines is 1. The summed E-state index contributed by atoms with van der Waals surface area (Å²) in [6, 6.07) is 13.7. The first-order chi connectivity index (χ1) is 14.3. The van der Waals surface area contributed by atoms with E-state index < -0.39 is 10.1 Å². The summed E-state index contributed by atoms with van der Waals surface area (Å²) in [7, 11) is -1.60. The molecule has 1 aromatic heterocycles. The van der Waals surface area contributed by atoms with Crippen LogP contribution >= 0.6 is 15.9 Å². The van der Waals surface area contributed by atoms with Gasteiger partial charge >= 0.3 is 0 Å². The second-order valence-electron chi connectivity index (χ2n) is 8.66. The molecule has 30 heavy (non-hydrogen) atoms. The number of rotatable bonds is 4. The summed E-state index contributed by atoms with van der Waals surface area (Å²) in [6.07, 6.45) is 1.92. The maximum atomic E-state index is 12.6. The van der Waals surface area contributed by atoms with E-state index in [0.717, 1.165) is 35.1 Å². The molecule has 7 heteroatoms. The van der Waals surface area contributed by atoms with Crippen LogP contribution in [-0.4, -0.2) is 44.5 Å². The minimum Gasteiger partial charge on any atom is -0.349 e. The molecule has 0 spiro atoms. The number of nitrogens with one attached hydrogen (secondary N) is 1. The van der Waals surface area contributed by atoms with Crippen molar-refractivity contribution in [3.05, 3.63) is 63.8 Å². The molecule has 2 heterocycles. The zero-order chi connectivity index (χ0) is 21.0. The molecule has 1 N–H and O–H groups in total. The Labute approximate surface area is 185 Å². The SMILES string of the molecule is Cc1ccc(S(=O)(=O)OC[C@@H]2C[C@@H]3c4cccc5[nH]c(Br)c(c45)C[C@H]3N(C)C2)cc1. The van der Waals surface area contributed by atoms with Gasteiger partial charge in [0.05, 0.1) is 16.1 Å². The van der Waals surface area contributed by atoms with Crippen LogP contribution in [0.25, 0.3) is 10.9 Å². The summed E-state index contributed by atoms with van der Waals surface area (Å²) in [5.41, 5.74) is 4.90. The minimum atomic E-state index is -3.74.